The molecular weight excluding hydrogens is 220 g/mol. The zero-order valence-corrected chi connectivity index (χ0v) is 13.2. The van der Waals surface area contributed by atoms with Crippen LogP contribution < -0.4 is 5.32 Å². The molecule has 0 heterocycles. The molecule has 0 aromatic heterocycles. The van der Waals surface area contributed by atoms with Crippen molar-refractivity contribution in [3.63, 3.8) is 0 Å². The molecule has 0 saturated heterocycles. The van der Waals surface area contributed by atoms with Gasteiger partial charge in [-0.15, -0.1) is 0 Å². The topological polar surface area (TPSA) is 15.3 Å². The Hall–Kier alpha value is -0.0800. The molecule has 1 rings (SSSR count). The Labute approximate surface area is 115 Å². The summed E-state index contributed by atoms with van der Waals surface area (Å²) in [6.45, 7) is 10.5. The van der Waals surface area contributed by atoms with Crippen LogP contribution in [0.15, 0.2) is 0 Å². The van der Waals surface area contributed by atoms with E-state index in [1.54, 1.807) is 0 Å². The molecule has 2 nitrogen and oxygen atoms in total. The van der Waals surface area contributed by atoms with E-state index in [1.165, 1.54) is 38.5 Å². The van der Waals surface area contributed by atoms with E-state index in [9.17, 15) is 0 Å². The third kappa shape index (κ3) is 5.27. The van der Waals surface area contributed by atoms with Gasteiger partial charge in [0.1, 0.15) is 0 Å². The van der Waals surface area contributed by atoms with Gasteiger partial charge < -0.3 is 10.2 Å². The number of hydrogen-bond acceptors (Lipinski definition) is 2. The quantitative estimate of drug-likeness (QED) is 0.746. The molecule has 1 aliphatic carbocycles. The third-order valence-electron chi connectivity index (χ3n) is 4.69. The largest absolute Gasteiger partial charge is 0.314 e. The standard InChI is InChI=1S/C16H34N2/c1-6-11-17-14(3)12-15(4)18(5)16-9-7-13(2)8-10-16/h13-17H,6-12H2,1-5H3. The van der Waals surface area contributed by atoms with Crippen LogP contribution in [0.2, 0.25) is 0 Å². The molecule has 18 heavy (non-hydrogen) atoms. The van der Waals surface area contributed by atoms with Gasteiger partial charge in [0.2, 0.25) is 0 Å². The van der Waals surface area contributed by atoms with Crippen LogP contribution in [-0.2, 0) is 0 Å². The molecule has 0 radical (unpaired) electrons. The molecule has 0 bridgehead atoms. The van der Waals surface area contributed by atoms with Gasteiger partial charge in [-0.1, -0.05) is 13.8 Å². The fraction of sp³-hybridized carbons (Fsp3) is 1.00. The van der Waals surface area contributed by atoms with E-state index in [1.807, 2.05) is 0 Å². The lowest BCUT2D eigenvalue weighted by atomic mass is 9.86. The maximum Gasteiger partial charge on any atom is 0.00952 e. The van der Waals surface area contributed by atoms with E-state index in [-0.39, 0.29) is 0 Å². The highest BCUT2D eigenvalue weighted by Crippen LogP contribution is 2.27. The average Bonchev–Trinajstić information content (AvgIpc) is 2.36. The van der Waals surface area contributed by atoms with E-state index in [4.69, 9.17) is 0 Å². The second-order valence-electron chi connectivity index (χ2n) is 6.52. The third-order valence-corrected chi connectivity index (χ3v) is 4.69. The van der Waals surface area contributed by atoms with Crippen LogP contribution in [0.25, 0.3) is 0 Å². The minimum absolute atomic E-state index is 0.643. The number of rotatable bonds is 7. The molecule has 2 heteroatoms. The number of nitrogens with one attached hydrogen (secondary N) is 1. The van der Waals surface area contributed by atoms with Gasteiger partial charge >= 0.3 is 0 Å². The average molecular weight is 254 g/mol. The van der Waals surface area contributed by atoms with Crippen molar-refractivity contribution < 1.29 is 0 Å². The van der Waals surface area contributed by atoms with E-state index >= 15 is 0 Å². The molecule has 1 saturated carbocycles. The van der Waals surface area contributed by atoms with E-state index in [2.05, 4.69) is 45.0 Å². The summed E-state index contributed by atoms with van der Waals surface area (Å²) in [5.41, 5.74) is 0. The molecule has 1 fully saturated rings. The SMILES string of the molecule is CCCNC(C)CC(C)N(C)C1CCC(C)CC1. The highest BCUT2D eigenvalue weighted by atomic mass is 15.2. The summed E-state index contributed by atoms with van der Waals surface area (Å²) in [6.07, 6.45) is 8.14. The molecule has 108 valence electrons. The van der Waals surface area contributed by atoms with Crippen molar-refractivity contribution in [2.45, 2.75) is 84.3 Å². The minimum atomic E-state index is 0.643. The first-order chi connectivity index (χ1) is 8.54. The zero-order valence-electron chi connectivity index (χ0n) is 13.2. The van der Waals surface area contributed by atoms with E-state index in [0.29, 0.717) is 12.1 Å². The van der Waals surface area contributed by atoms with Crippen molar-refractivity contribution in [2.75, 3.05) is 13.6 Å². The molecule has 0 spiro atoms. The van der Waals surface area contributed by atoms with Crippen LogP contribution in [0.1, 0.15) is 66.2 Å². The van der Waals surface area contributed by atoms with Crippen molar-refractivity contribution >= 4 is 0 Å². The van der Waals surface area contributed by atoms with Crippen LogP contribution >= 0.6 is 0 Å². The maximum atomic E-state index is 3.60. The van der Waals surface area contributed by atoms with E-state index < -0.39 is 0 Å². The first-order valence-corrected chi connectivity index (χ1v) is 7.99. The summed E-state index contributed by atoms with van der Waals surface area (Å²) in [5.74, 6) is 0.954. The molecule has 0 aromatic carbocycles. The molecule has 1 N–H and O–H groups in total. The lowest BCUT2D eigenvalue weighted by Gasteiger charge is -2.38. The van der Waals surface area contributed by atoms with Gasteiger partial charge in [-0.05, 0) is 71.9 Å². The molecule has 2 unspecified atom stereocenters. The molecular formula is C16H34N2. The Kier molecular flexibility index (Phi) is 7.25. The Morgan fingerprint density at radius 3 is 2.33 bits per heavy atom. The predicted molar refractivity (Wildman–Crippen MR) is 81.0 cm³/mol. The Balaban J connectivity index is 2.29. The molecule has 2 atom stereocenters. The van der Waals surface area contributed by atoms with Crippen molar-refractivity contribution in [1.29, 1.82) is 0 Å². The Morgan fingerprint density at radius 2 is 1.78 bits per heavy atom. The summed E-state index contributed by atoms with van der Waals surface area (Å²) >= 11 is 0. The second kappa shape index (κ2) is 8.16. The van der Waals surface area contributed by atoms with Crippen LogP contribution in [0.5, 0.6) is 0 Å². The first kappa shape index (κ1) is 16.0. The summed E-state index contributed by atoms with van der Waals surface area (Å²) in [5, 5.41) is 3.60. The first-order valence-electron chi connectivity index (χ1n) is 7.99. The van der Waals surface area contributed by atoms with Crippen LogP contribution in [0, 0.1) is 5.92 Å². The van der Waals surface area contributed by atoms with Crippen molar-refractivity contribution in [3.8, 4) is 0 Å². The minimum Gasteiger partial charge on any atom is -0.314 e. The summed E-state index contributed by atoms with van der Waals surface area (Å²) in [4.78, 5) is 2.63. The smallest absolute Gasteiger partial charge is 0.00952 e. The van der Waals surface area contributed by atoms with Crippen molar-refractivity contribution in [2.24, 2.45) is 5.92 Å². The fourth-order valence-corrected chi connectivity index (χ4v) is 3.16. The van der Waals surface area contributed by atoms with Gasteiger partial charge in [0.25, 0.3) is 0 Å². The highest BCUT2D eigenvalue weighted by molar-refractivity contribution is 4.81. The highest BCUT2D eigenvalue weighted by Gasteiger charge is 2.25. The Bertz CT molecular complexity index is 209. The van der Waals surface area contributed by atoms with Crippen LogP contribution in [-0.4, -0.2) is 36.6 Å². The number of hydrogen-bond donors (Lipinski definition) is 1. The molecule has 0 aromatic rings. The second-order valence-corrected chi connectivity index (χ2v) is 6.52. The van der Waals surface area contributed by atoms with Gasteiger partial charge in [0.05, 0.1) is 0 Å². The van der Waals surface area contributed by atoms with Crippen molar-refractivity contribution in [3.05, 3.63) is 0 Å². The predicted octanol–water partition coefficient (Wildman–Crippen LogP) is 3.66. The summed E-state index contributed by atoms with van der Waals surface area (Å²) in [6, 6.07) is 2.17. The van der Waals surface area contributed by atoms with E-state index in [0.717, 1.165) is 18.5 Å². The lowest BCUT2D eigenvalue weighted by Crippen LogP contribution is -2.43. The normalized spacial score (nSPS) is 28.3. The maximum absolute atomic E-state index is 3.60. The summed E-state index contributed by atoms with van der Waals surface area (Å²) in [7, 11) is 2.33. The van der Waals surface area contributed by atoms with Gasteiger partial charge in [0.15, 0.2) is 0 Å². The zero-order chi connectivity index (χ0) is 13.5. The summed E-state index contributed by atoms with van der Waals surface area (Å²) < 4.78 is 0. The lowest BCUT2D eigenvalue weighted by molar-refractivity contribution is 0.121. The van der Waals surface area contributed by atoms with Gasteiger partial charge in [-0.2, -0.15) is 0 Å². The molecule has 0 aliphatic heterocycles. The van der Waals surface area contributed by atoms with Crippen LogP contribution in [0.4, 0.5) is 0 Å². The molecule has 1 aliphatic rings. The monoisotopic (exact) mass is 254 g/mol. The Morgan fingerprint density at radius 1 is 1.17 bits per heavy atom. The molecule has 0 amide bonds. The van der Waals surface area contributed by atoms with Crippen molar-refractivity contribution in [1.82, 2.24) is 10.2 Å². The van der Waals surface area contributed by atoms with Crippen LogP contribution in [0.3, 0.4) is 0 Å². The fourth-order valence-electron chi connectivity index (χ4n) is 3.16. The van der Waals surface area contributed by atoms with Gasteiger partial charge in [-0.25, -0.2) is 0 Å². The van der Waals surface area contributed by atoms with Gasteiger partial charge in [-0.3, -0.25) is 0 Å². The van der Waals surface area contributed by atoms with Gasteiger partial charge in [0, 0.05) is 18.1 Å². The number of nitrogens with zero attached hydrogens (tertiary/aromatic N) is 1.